The highest BCUT2D eigenvalue weighted by Gasteiger charge is 2.20. The van der Waals surface area contributed by atoms with E-state index in [9.17, 15) is 9.59 Å². The van der Waals surface area contributed by atoms with Gasteiger partial charge >= 0.3 is 0 Å². The average molecular weight is 396 g/mol. The van der Waals surface area contributed by atoms with E-state index in [0.717, 1.165) is 12.0 Å². The Labute approximate surface area is 174 Å². The van der Waals surface area contributed by atoms with E-state index in [-0.39, 0.29) is 17.9 Å². The monoisotopic (exact) mass is 395 g/mol. The maximum Gasteiger partial charge on any atom is 0.248 e. The van der Waals surface area contributed by atoms with E-state index < -0.39 is 5.91 Å². The van der Waals surface area contributed by atoms with E-state index >= 15 is 0 Å². The number of rotatable bonds is 10. The first-order chi connectivity index (χ1) is 13.8. The Morgan fingerprint density at radius 2 is 1.62 bits per heavy atom. The lowest BCUT2D eigenvalue weighted by molar-refractivity contribution is -0.121. The molecule has 3 N–H and O–H groups in total. The number of hydrogen-bond acceptors (Lipinski definition) is 3. The van der Waals surface area contributed by atoms with E-state index in [1.165, 1.54) is 5.56 Å². The van der Waals surface area contributed by atoms with Crippen LogP contribution in [0.5, 0.6) is 0 Å². The van der Waals surface area contributed by atoms with Crippen LogP contribution < -0.4 is 11.1 Å². The first kappa shape index (κ1) is 22.6. The Morgan fingerprint density at radius 1 is 1.00 bits per heavy atom. The molecule has 2 rings (SSSR count). The van der Waals surface area contributed by atoms with Crippen LogP contribution >= 0.6 is 0 Å². The van der Waals surface area contributed by atoms with Crippen molar-refractivity contribution in [1.29, 1.82) is 0 Å². The summed E-state index contributed by atoms with van der Waals surface area (Å²) >= 11 is 0. The minimum atomic E-state index is -0.425. The summed E-state index contributed by atoms with van der Waals surface area (Å²) in [5.74, 6) is 0.237. The molecule has 0 aliphatic carbocycles. The number of nitrogens with zero attached hydrogens (tertiary/aromatic N) is 1. The number of nitrogens with one attached hydrogen (secondary N) is 1. The minimum Gasteiger partial charge on any atom is -0.366 e. The number of hydrogen-bond donors (Lipinski definition) is 2. The van der Waals surface area contributed by atoms with Crippen LogP contribution in [0, 0.1) is 5.92 Å². The van der Waals surface area contributed by atoms with E-state index in [2.05, 4.69) is 36.2 Å². The molecule has 0 aromatic heterocycles. The van der Waals surface area contributed by atoms with Crippen molar-refractivity contribution in [2.45, 2.75) is 38.6 Å². The topological polar surface area (TPSA) is 75.4 Å². The molecule has 156 valence electrons. The molecule has 0 saturated carbocycles. The minimum absolute atomic E-state index is 0.0727. The lowest BCUT2D eigenvalue weighted by Gasteiger charge is -2.26. The van der Waals surface area contributed by atoms with Crippen molar-refractivity contribution < 1.29 is 9.59 Å². The molecule has 2 amide bonds. The van der Waals surface area contributed by atoms with E-state index in [1.807, 2.05) is 44.4 Å². The van der Waals surface area contributed by atoms with Crippen LogP contribution in [0.1, 0.15) is 47.7 Å². The highest BCUT2D eigenvalue weighted by molar-refractivity contribution is 5.92. The fourth-order valence-corrected chi connectivity index (χ4v) is 3.46. The van der Waals surface area contributed by atoms with Crippen molar-refractivity contribution in [3.05, 3.63) is 71.3 Å². The highest BCUT2D eigenvalue weighted by Crippen LogP contribution is 2.27. The molecular weight excluding hydrogens is 362 g/mol. The summed E-state index contributed by atoms with van der Waals surface area (Å²) in [5, 5.41) is 3.11. The SMILES string of the molecule is CC(C)[C@H](CC(=O)NC[C@H](Cc1ccc(C(N)=O)cc1)N(C)C)c1ccccc1. The molecule has 2 aromatic carbocycles. The summed E-state index contributed by atoms with van der Waals surface area (Å²) < 4.78 is 0. The third-order valence-electron chi connectivity index (χ3n) is 5.41. The molecule has 0 radical (unpaired) electrons. The van der Waals surface area contributed by atoms with Gasteiger partial charge in [-0.1, -0.05) is 56.3 Å². The molecule has 29 heavy (non-hydrogen) atoms. The van der Waals surface area contributed by atoms with Crippen LogP contribution in [0.25, 0.3) is 0 Å². The quantitative estimate of drug-likeness (QED) is 0.649. The van der Waals surface area contributed by atoms with Crippen LogP contribution in [-0.4, -0.2) is 43.4 Å². The Balaban J connectivity index is 1.95. The standard InChI is InChI=1S/C24H33N3O2/c1-17(2)22(19-8-6-5-7-9-19)15-23(28)26-16-21(27(3)4)14-18-10-12-20(13-11-18)24(25)29/h5-13,17,21-22H,14-16H2,1-4H3,(H2,25,29)(H,26,28)/t21-,22-/m0/s1. The van der Waals surface area contributed by atoms with Crippen LogP contribution in [0.2, 0.25) is 0 Å². The summed E-state index contributed by atoms with van der Waals surface area (Å²) in [6.07, 6.45) is 1.26. The van der Waals surface area contributed by atoms with Crippen LogP contribution in [0.4, 0.5) is 0 Å². The van der Waals surface area contributed by atoms with Crippen molar-refractivity contribution >= 4 is 11.8 Å². The van der Waals surface area contributed by atoms with Crippen LogP contribution in [0.3, 0.4) is 0 Å². The molecular formula is C24H33N3O2. The second-order valence-electron chi connectivity index (χ2n) is 8.15. The third-order valence-corrected chi connectivity index (χ3v) is 5.41. The Kier molecular flexibility index (Phi) is 8.40. The second kappa shape index (κ2) is 10.8. The van der Waals surface area contributed by atoms with Crippen LogP contribution in [0.15, 0.2) is 54.6 Å². The maximum atomic E-state index is 12.6. The highest BCUT2D eigenvalue weighted by atomic mass is 16.1. The van der Waals surface area contributed by atoms with E-state index in [4.69, 9.17) is 5.73 Å². The van der Waals surface area contributed by atoms with Gasteiger partial charge in [-0.3, -0.25) is 9.59 Å². The van der Waals surface area contributed by atoms with Gasteiger partial charge in [-0.25, -0.2) is 0 Å². The summed E-state index contributed by atoms with van der Waals surface area (Å²) in [6, 6.07) is 17.7. The fourth-order valence-electron chi connectivity index (χ4n) is 3.46. The van der Waals surface area contributed by atoms with Gasteiger partial charge < -0.3 is 16.0 Å². The maximum absolute atomic E-state index is 12.6. The number of amides is 2. The van der Waals surface area contributed by atoms with Gasteiger partial charge in [0.05, 0.1) is 0 Å². The summed E-state index contributed by atoms with van der Waals surface area (Å²) in [7, 11) is 4.02. The molecule has 0 spiro atoms. The largest absolute Gasteiger partial charge is 0.366 e. The Hall–Kier alpha value is -2.66. The van der Waals surface area contributed by atoms with Crippen LogP contribution in [-0.2, 0) is 11.2 Å². The number of likely N-dealkylation sites (N-methyl/N-ethyl adjacent to an activating group) is 1. The number of carbonyl (C=O) groups is 2. The van der Waals surface area contributed by atoms with E-state index in [1.54, 1.807) is 12.1 Å². The van der Waals surface area contributed by atoms with Gasteiger partial charge in [-0.15, -0.1) is 0 Å². The molecule has 2 atom stereocenters. The third kappa shape index (κ3) is 7.02. The molecule has 0 aliphatic rings. The lowest BCUT2D eigenvalue weighted by Crippen LogP contribution is -2.42. The molecule has 2 aromatic rings. The lowest BCUT2D eigenvalue weighted by atomic mass is 9.85. The Bertz CT molecular complexity index is 786. The molecule has 0 fully saturated rings. The van der Waals surface area contributed by atoms with Gasteiger partial charge in [0.1, 0.15) is 0 Å². The van der Waals surface area contributed by atoms with Gasteiger partial charge in [0.15, 0.2) is 0 Å². The van der Waals surface area contributed by atoms with Gasteiger partial charge in [-0.05, 0) is 55.6 Å². The molecule has 0 unspecified atom stereocenters. The predicted molar refractivity (Wildman–Crippen MR) is 118 cm³/mol. The smallest absolute Gasteiger partial charge is 0.248 e. The molecule has 0 heterocycles. The van der Waals surface area contributed by atoms with Gasteiger partial charge in [0.2, 0.25) is 11.8 Å². The first-order valence-corrected chi connectivity index (χ1v) is 10.1. The van der Waals surface area contributed by atoms with Crippen molar-refractivity contribution in [1.82, 2.24) is 10.2 Å². The van der Waals surface area contributed by atoms with Crippen molar-refractivity contribution in [3.63, 3.8) is 0 Å². The van der Waals surface area contributed by atoms with E-state index in [0.29, 0.717) is 24.4 Å². The van der Waals surface area contributed by atoms with Crippen molar-refractivity contribution in [3.8, 4) is 0 Å². The number of nitrogens with two attached hydrogens (primary N) is 1. The average Bonchev–Trinajstić information content (AvgIpc) is 2.69. The van der Waals surface area contributed by atoms with Crippen molar-refractivity contribution in [2.75, 3.05) is 20.6 Å². The Morgan fingerprint density at radius 3 is 2.14 bits per heavy atom. The molecule has 0 saturated heterocycles. The summed E-state index contributed by atoms with van der Waals surface area (Å²) in [5.41, 5.74) is 8.12. The molecule has 0 bridgehead atoms. The molecule has 0 aliphatic heterocycles. The zero-order valence-corrected chi connectivity index (χ0v) is 17.9. The summed E-state index contributed by atoms with van der Waals surface area (Å²) in [6.45, 7) is 4.88. The normalized spacial score (nSPS) is 13.3. The van der Waals surface area contributed by atoms with Gasteiger partial charge in [0.25, 0.3) is 0 Å². The number of primary amides is 1. The van der Waals surface area contributed by atoms with Gasteiger partial charge in [-0.2, -0.15) is 0 Å². The van der Waals surface area contributed by atoms with Gasteiger partial charge in [0, 0.05) is 24.6 Å². The number of benzene rings is 2. The number of carbonyl (C=O) groups excluding carboxylic acids is 2. The fraction of sp³-hybridized carbons (Fsp3) is 0.417. The summed E-state index contributed by atoms with van der Waals surface area (Å²) in [4.78, 5) is 26.0. The predicted octanol–water partition coefficient (Wildman–Crippen LogP) is 3.20. The zero-order valence-electron chi connectivity index (χ0n) is 17.9. The zero-order chi connectivity index (χ0) is 21.4. The molecule has 5 heteroatoms. The molecule has 5 nitrogen and oxygen atoms in total. The second-order valence-corrected chi connectivity index (χ2v) is 8.15. The van der Waals surface area contributed by atoms with Crippen molar-refractivity contribution in [2.24, 2.45) is 11.7 Å². The first-order valence-electron chi connectivity index (χ1n) is 10.1.